The van der Waals surface area contributed by atoms with Gasteiger partial charge >= 0.3 is 0 Å². The van der Waals surface area contributed by atoms with Gasteiger partial charge in [0, 0.05) is 23.9 Å². The minimum Gasteiger partial charge on any atom is -0.489 e. The molecule has 1 unspecified atom stereocenters. The summed E-state index contributed by atoms with van der Waals surface area (Å²) in [4.78, 5) is 3.95. The largest absolute Gasteiger partial charge is 0.489 e. The van der Waals surface area contributed by atoms with Crippen LogP contribution in [0.25, 0.3) is 0 Å². The normalized spacial score (nSPS) is 11.7. The Hall–Kier alpha value is -2.45. The highest BCUT2D eigenvalue weighted by molar-refractivity contribution is 5.33. The van der Waals surface area contributed by atoms with Gasteiger partial charge in [0.25, 0.3) is 0 Å². The number of pyridine rings is 1. The predicted molar refractivity (Wildman–Crippen MR) is 77.0 cm³/mol. The quantitative estimate of drug-likeness (QED) is 0.916. The molecule has 0 aliphatic rings. The Morgan fingerprint density at radius 3 is 2.95 bits per heavy atom. The second-order valence-corrected chi connectivity index (χ2v) is 4.89. The van der Waals surface area contributed by atoms with Crippen molar-refractivity contribution in [3.05, 3.63) is 59.2 Å². The average Bonchev–Trinajstić information content (AvgIpc) is 2.44. The number of ether oxygens (including phenoxy) is 1. The second kappa shape index (κ2) is 6.82. The maximum atomic E-state index is 13.6. The fourth-order valence-electron chi connectivity index (χ4n) is 2.01. The first kappa shape index (κ1) is 14.9. The number of benzene rings is 1. The van der Waals surface area contributed by atoms with Crippen LogP contribution in [-0.4, -0.2) is 11.0 Å². The molecule has 0 bridgehead atoms. The lowest BCUT2D eigenvalue weighted by atomic mass is 10.1. The van der Waals surface area contributed by atoms with E-state index in [1.165, 1.54) is 12.1 Å². The third kappa shape index (κ3) is 4.26. The van der Waals surface area contributed by atoms with Gasteiger partial charge in [0.15, 0.2) is 0 Å². The van der Waals surface area contributed by atoms with Crippen LogP contribution in [0.1, 0.15) is 23.7 Å². The van der Waals surface area contributed by atoms with Crippen molar-refractivity contribution in [3.8, 4) is 11.8 Å². The fraction of sp³-hybridized carbons (Fsp3) is 0.250. The lowest BCUT2D eigenvalue weighted by Crippen LogP contribution is -2.17. The molecule has 108 valence electrons. The molecule has 4 nitrogen and oxygen atoms in total. The molecule has 0 fully saturated rings. The van der Waals surface area contributed by atoms with E-state index in [1.807, 2.05) is 13.0 Å². The smallest absolute Gasteiger partial charge is 0.147 e. The molecule has 1 aromatic carbocycles. The number of aromatic nitrogens is 1. The highest BCUT2D eigenvalue weighted by atomic mass is 19.1. The lowest BCUT2D eigenvalue weighted by Gasteiger charge is -2.10. The van der Waals surface area contributed by atoms with Gasteiger partial charge in [0.1, 0.15) is 29.9 Å². The van der Waals surface area contributed by atoms with E-state index in [0.29, 0.717) is 23.4 Å². The SMILES string of the molecule is CC(N)Cc1cc(F)cc(OCc2cccnc2C#N)c1. The fourth-order valence-corrected chi connectivity index (χ4v) is 2.01. The highest BCUT2D eigenvalue weighted by Gasteiger charge is 2.07. The third-order valence-electron chi connectivity index (χ3n) is 2.88. The first-order chi connectivity index (χ1) is 10.1. The number of nitrogens with zero attached hydrogens (tertiary/aromatic N) is 2. The topological polar surface area (TPSA) is 71.9 Å². The summed E-state index contributed by atoms with van der Waals surface area (Å²) in [5.74, 6) is 0.0493. The van der Waals surface area contributed by atoms with Gasteiger partial charge in [-0.15, -0.1) is 0 Å². The van der Waals surface area contributed by atoms with E-state index in [1.54, 1.807) is 24.4 Å². The molecule has 0 spiro atoms. The van der Waals surface area contributed by atoms with Crippen molar-refractivity contribution < 1.29 is 9.13 Å². The molecule has 0 amide bonds. The van der Waals surface area contributed by atoms with Crippen LogP contribution in [-0.2, 0) is 13.0 Å². The van der Waals surface area contributed by atoms with Gasteiger partial charge in [-0.25, -0.2) is 9.37 Å². The maximum Gasteiger partial charge on any atom is 0.147 e. The summed E-state index contributed by atoms with van der Waals surface area (Å²) in [7, 11) is 0. The monoisotopic (exact) mass is 285 g/mol. The van der Waals surface area contributed by atoms with Gasteiger partial charge < -0.3 is 10.5 Å². The zero-order chi connectivity index (χ0) is 15.2. The van der Waals surface area contributed by atoms with Crippen LogP contribution in [0.4, 0.5) is 4.39 Å². The van der Waals surface area contributed by atoms with Crippen molar-refractivity contribution >= 4 is 0 Å². The van der Waals surface area contributed by atoms with Gasteiger partial charge in [0.2, 0.25) is 0 Å². The van der Waals surface area contributed by atoms with Gasteiger partial charge in [-0.3, -0.25) is 0 Å². The molecule has 1 atom stereocenters. The molecular weight excluding hydrogens is 269 g/mol. The highest BCUT2D eigenvalue weighted by Crippen LogP contribution is 2.19. The van der Waals surface area contributed by atoms with E-state index in [9.17, 15) is 4.39 Å². The van der Waals surface area contributed by atoms with Crippen LogP contribution >= 0.6 is 0 Å². The van der Waals surface area contributed by atoms with E-state index < -0.39 is 0 Å². The number of hydrogen-bond acceptors (Lipinski definition) is 4. The number of nitrogens with two attached hydrogens (primary N) is 1. The second-order valence-electron chi connectivity index (χ2n) is 4.89. The molecule has 0 radical (unpaired) electrons. The summed E-state index contributed by atoms with van der Waals surface area (Å²) in [6, 6.07) is 9.95. The predicted octanol–water partition coefficient (Wildman–Crippen LogP) is 2.56. The number of rotatable bonds is 5. The van der Waals surface area contributed by atoms with E-state index in [4.69, 9.17) is 15.7 Å². The average molecular weight is 285 g/mol. The number of nitriles is 1. The van der Waals surface area contributed by atoms with Crippen molar-refractivity contribution in [2.24, 2.45) is 5.73 Å². The molecule has 0 aliphatic heterocycles. The minimum absolute atomic E-state index is 0.0526. The Balaban J connectivity index is 2.13. The van der Waals surface area contributed by atoms with E-state index in [0.717, 1.165) is 5.56 Å². The number of hydrogen-bond donors (Lipinski definition) is 1. The van der Waals surface area contributed by atoms with Gasteiger partial charge in [-0.05, 0) is 37.1 Å². The molecule has 1 aromatic heterocycles. The van der Waals surface area contributed by atoms with Gasteiger partial charge in [0.05, 0.1) is 0 Å². The lowest BCUT2D eigenvalue weighted by molar-refractivity contribution is 0.303. The van der Waals surface area contributed by atoms with E-state index >= 15 is 0 Å². The van der Waals surface area contributed by atoms with Crippen LogP contribution < -0.4 is 10.5 Å². The molecule has 0 saturated heterocycles. The van der Waals surface area contributed by atoms with E-state index in [-0.39, 0.29) is 18.5 Å². The Bertz CT molecular complexity index is 665. The van der Waals surface area contributed by atoms with Crippen LogP contribution in [0, 0.1) is 17.1 Å². The van der Waals surface area contributed by atoms with Crippen molar-refractivity contribution in [2.75, 3.05) is 0 Å². The molecule has 21 heavy (non-hydrogen) atoms. The maximum absolute atomic E-state index is 13.6. The molecule has 2 aromatic rings. The van der Waals surface area contributed by atoms with Gasteiger partial charge in [-0.2, -0.15) is 5.26 Å². The molecular formula is C16H16FN3O. The Morgan fingerprint density at radius 1 is 1.43 bits per heavy atom. The summed E-state index contributed by atoms with van der Waals surface area (Å²) in [5.41, 5.74) is 7.48. The van der Waals surface area contributed by atoms with Crippen molar-refractivity contribution in [3.63, 3.8) is 0 Å². The third-order valence-corrected chi connectivity index (χ3v) is 2.88. The zero-order valence-corrected chi connectivity index (χ0v) is 11.7. The summed E-state index contributed by atoms with van der Waals surface area (Å²) < 4.78 is 19.1. The summed E-state index contributed by atoms with van der Waals surface area (Å²) in [6.07, 6.45) is 2.12. The minimum atomic E-state index is -0.366. The van der Waals surface area contributed by atoms with Crippen LogP contribution in [0.5, 0.6) is 5.75 Å². The van der Waals surface area contributed by atoms with Gasteiger partial charge in [-0.1, -0.05) is 6.07 Å². The van der Waals surface area contributed by atoms with Crippen molar-refractivity contribution in [1.29, 1.82) is 5.26 Å². The van der Waals surface area contributed by atoms with Crippen molar-refractivity contribution in [1.82, 2.24) is 4.98 Å². The Labute approximate surface area is 123 Å². The van der Waals surface area contributed by atoms with Crippen LogP contribution in [0.15, 0.2) is 36.5 Å². The first-order valence-corrected chi connectivity index (χ1v) is 6.60. The standard InChI is InChI=1S/C16H16FN3O/c1-11(19)5-12-6-14(17)8-15(7-12)21-10-13-3-2-4-20-16(13)9-18/h2-4,6-8,11H,5,10,19H2,1H3. The Kier molecular flexibility index (Phi) is 4.85. The summed E-state index contributed by atoms with van der Waals surface area (Å²) >= 11 is 0. The molecule has 2 N–H and O–H groups in total. The van der Waals surface area contributed by atoms with E-state index in [2.05, 4.69) is 4.98 Å². The molecule has 5 heteroatoms. The zero-order valence-electron chi connectivity index (χ0n) is 11.7. The molecule has 2 rings (SSSR count). The molecule has 1 heterocycles. The van der Waals surface area contributed by atoms with Crippen molar-refractivity contribution in [2.45, 2.75) is 26.0 Å². The number of halogens is 1. The Morgan fingerprint density at radius 2 is 2.24 bits per heavy atom. The molecule has 0 aliphatic carbocycles. The van der Waals surface area contributed by atoms with Crippen LogP contribution in [0.2, 0.25) is 0 Å². The summed E-state index contributed by atoms with van der Waals surface area (Å²) in [5, 5.41) is 8.96. The van der Waals surface area contributed by atoms with Crippen LogP contribution in [0.3, 0.4) is 0 Å². The first-order valence-electron chi connectivity index (χ1n) is 6.60. The molecule has 0 saturated carbocycles. The summed E-state index contributed by atoms with van der Waals surface area (Å²) in [6.45, 7) is 2.03.